The summed E-state index contributed by atoms with van der Waals surface area (Å²) in [5, 5.41) is 0. The number of rotatable bonds is 5. The maximum Gasteiger partial charge on any atom is 0.387 e. The van der Waals surface area contributed by atoms with Gasteiger partial charge in [-0.2, -0.15) is 8.78 Å². The lowest BCUT2D eigenvalue weighted by atomic mass is 9.97. The summed E-state index contributed by atoms with van der Waals surface area (Å²) in [5.41, 5.74) is 0.366. The van der Waals surface area contributed by atoms with E-state index in [9.17, 15) is 18.4 Å². The van der Waals surface area contributed by atoms with Gasteiger partial charge in [0.2, 0.25) is 0 Å². The molecule has 0 N–H and O–H groups in total. The van der Waals surface area contributed by atoms with Gasteiger partial charge in [-0.25, -0.2) is 0 Å². The van der Waals surface area contributed by atoms with E-state index >= 15 is 0 Å². The summed E-state index contributed by atoms with van der Waals surface area (Å²) in [6.45, 7) is -1.43. The Kier molecular flexibility index (Phi) is 4.10. The molecule has 0 spiro atoms. The fourth-order valence-electron chi connectivity index (χ4n) is 1.36. The van der Waals surface area contributed by atoms with Crippen LogP contribution in [0.15, 0.2) is 18.2 Å². The van der Waals surface area contributed by atoms with Gasteiger partial charge < -0.3 is 9.53 Å². The van der Waals surface area contributed by atoms with E-state index in [1.54, 1.807) is 6.92 Å². The van der Waals surface area contributed by atoms with Gasteiger partial charge in [-0.15, -0.1) is 0 Å². The molecule has 0 aromatic heterocycles. The summed E-state index contributed by atoms with van der Waals surface area (Å²) >= 11 is 0. The number of halogens is 2. The monoisotopic (exact) mass is 228 g/mol. The van der Waals surface area contributed by atoms with E-state index < -0.39 is 12.5 Å². The van der Waals surface area contributed by atoms with Crippen molar-refractivity contribution in [2.45, 2.75) is 19.5 Å². The minimum Gasteiger partial charge on any atom is -0.434 e. The average Bonchev–Trinajstić information content (AvgIpc) is 2.27. The van der Waals surface area contributed by atoms with Gasteiger partial charge in [0.05, 0.1) is 5.56 Å². The molecule has 0 radical (unpaired) electrons. The first-order valence-corrected chi connectivity index (χ1v) is 4.58. The Morgan fingerprint density at radius 2 is 2.00 bits per heavy atom. The maximum atomic E-state index is 12.0. The highest BCUT2D eigenvalue weighted by atomic mass is 19.3. The molecule has 0 saturated heterocycles. The zero-order valence-electron chi connectivity index (χ0n) is 8.52. The van der Waals surface area contributed by atoms with Crippen LogP contribution in [-0.2, 0) is 4.79 Å². The molecule has 0 aliphatic carbocycles. The molecule has 1 rings (SSSR count). The van der Waals surface area contributed by atoms with Crippen LogP contribution in [0.25, 0.3) is 0 Å². The lowest BCUT2D eigenvalue weighted by Crippen LogP contribution is -2.07. The largest absolute Gasteiger partial charge is 0.434 e. The summed E-state index contributed by atoms with van der Waals surface area (Å²) in [6.07, 6.45) is 1.04. The number of carbonyl (C=O) groups is 2. The van der Waals surface area contributed by atoms with Crippen LogP contribution in [0.1, 0.15) is 28.8 Å². The maximum absolute atomic E-state index is 12.0. The summed E-state index contributed by atoms with van der Waals surface area (Å²) in [4.78, 5) is 21.4. The van der Waals surface area contributed by atoms with E-state index in [-0.39, 0.29) is 11.3 Å². The molecule has 1 aromatic rings. The summed E-state index contributed by atoms with van der Waals surface area (Å²) < 4.78 is 28.3. The quantitative estimate of drug-likeness (QED) is 0.727. The fourth-order valence-corrected chi connectivity index (χ4v) is 1.36. The third-order valence-corrected chi connectivity index (χ3v) is 2.13. The van der Waals surface area contributed by atoms with Crippen LogP contribution < -0.4 is 4.74 Å². The summed E-state index contributed by atoms with van der Waals surface area (Å²) in [6, 6.07) is 4.25. The highest BCUT2D eigenvalue weighted by Gasteiger charge is 2.16. The predicted octanol–water partition coefficient (Wildman–Crippen LogP) is 2.40. The van der Waals surface area contributed by atoms with E-state index in [0.717, 1.165) is 0 Å². The lowest BCUT2D eigenvalue weighted by molar-refractivity contribution is -0.108. The summed E-state index contributed by atoms with van der Waals surface area (Å²) in [5.74, 6) is -0.752. The van der Waals surface area contributed by atoms with Crippen molar-refractivity contribution in [3.63, 3.8) is 0 Å². The van der Waals surface area contributed by atoms with Crippen LogP contribution in [0.5, 0.6) is 5.75 Å². The van der Waals surface area contributed by atoms with E-state index in [2.05, 4.69) is 4.74 Å². The van der Waals surface area contributed by atoms with Gasteiger partial charge in [-0.3, -0.25) is 4.79 Å². The number of hydrogen-bond acceptors (Lipinski definition) is 3. The molecule has 3 nitrogen and oxygen atoms in total. The number of ether oxygens (including phenoxy) is 1. The number of alkyl halides is 2. The van der Waals surface area contributed by atoms with Crippen LogP contribution in [0, 0.1) is 0 Å². The van der Waals surface area contributed by atoms with E-state index in [4.69, 9.17) is 0 Å². The third-order valence-electron chi connectivity index (χ3n) is 2.13. The highest BCUT2D eigenvalue weighted by molar-refractivity contribution is 5.84. The molecule has 16 heavy (non-hydrogen) atoms. The molecule has 1 unspecified atom stereocenters. The second-order valence-corrected chi connectivity index (χ2v) is 3.18. The smallest absolute Gasteiger partial charge is 0.387 e. The standard InChI is InChI=1S/C11H10F2O3/c1-7(5-14)8-3-2-4-10(9(8)6-15)16-11(12)13/h2-7,11H,1H3. The van der Waals surface area contributed by atoms with Gasteiger partial charge >= 0.3 is 6.61 Å². The topological polar surface area (TPSA) is 43.4 Å². The third kappa shape index (κ3) is 2.62. The molecule has 1 atom stereocenters. The molecule has 1 aromatic carbocycles. The van der Waals surface area contributed by atoms with Crippen molar-refractivity contribution in [2.75, 3.05) is 0 Å². The molecular weight excluding hydrogens is 218 g/mol. The predicted molar refractivity (Wildman–Crippen MR) is 52.9 cm³/mol. The Hall–Kier alpha value is -1.78. The molecule has 0 aliphatic rings. The van der Waals surface area contributed by atoms with Crippen LogP contribution in [0.3, 0.4) is 0 Å². The van der Waals surface area contributed by atoms with Crippen molar-refractivity contribution < 1.29 is 23.1 Å². The van der Waals surface area contributed by atoms with Gasteiger partial charge in [0.1, 0.15) is 12.0 Å². The Balaban J connectivity index is 3.20. The minimum absolute atomic E-state index is 0.0117. The van der Waals surface area contributed by atoms with Crippen molar-refractivity contribution in [1.82, 2.24) is 0 Å². The average molecular weight is 228 g/mol. The van der Waals surface area contributed by atoms with Gasteiger partial charge in [0, 0.05) is 5.92 Å². The molecular formula is C11H10F2O3. The molecule has 0 heterocycles. The highest BCUT2D eigenvalue weighted by Crippen LogP contribution is 2.26. The Morgan fingerprint density at radius 1 is 1.31 bits per heavy atom. The molecule has 0 amide bonds. The molecule has 0 aliphatic heterocycles. The lowest BCUT2D eigenvalue weighted by Gasteiger charge is -2.12. The van der Waals surface area contributed by atoms with Gasteiger partial charge in [0.15, 0.2) is 6.29 Å². The van der Waals surface area contributed by atoms with Crippen LogP contribution in [0.4, 0.5) is 8.78 Å². The number of aldehydes is 2. The zero-order valence-corrected chi connectivity index (χ0v) is 8.52. The van der Waals surface area contributed by atoms with Crippen LogP contribution in [-0.4, -0.2) is 19.2 Å². The van der Waals surface area contributed by atoms with Crippen molar-refractivity contribution in [2.24, 2.45) is 0 Å². The van der Waals surface area contributed by atoms with Crippen molar-refractivity contribution >= 4 is 12.6 Å². The fraction of sp³-hybridized carbons (Fsp3) is 0.273. The molecule has 5 heteroatoms. The Bertz CT molecular complexity index is 391. The second kappa shape index (κ2) is 5.34. The first-order chi connectivity index (χ1) is 7.60. The number of hydrogen-bond donors (Lipinski definition) is 0. The molecule has 0 bridgehead atoms. The normalized spacial score (nSPS) is 12.2. The molecule has 86 valence electrons. The summed E-state index contributed by atoms with van der Waals surface area (Å²) in [7, 11) is 0. The van der Waals surface area contributed by atoms with E-state index in [1.807, 2.05) is 0 Å². The second-order valence-electron chi connectivity index (χ2n) is 3.18. The van der Waals surface area contributed by atoms with E-state index in [1.165, 1.54) is 18.2 Å². The van der Waals surface area contributed by atoms with Gasteiger partial charge in [-0.1, -0.05) is 19.1 Å². The number of benzene rings is 1. The molecule has 0 fully saturated rings. The van der Waals surface area contributed by atoms with Crippen molar-refractivity contribution in [3.8, 4) is 5.75 Å². The SMILES string of the molecule is CC(C=O)c1cccc(OC(F)F)c1C=O. The van der Waals surface area contributed by atoms with Crippen LogP contribution in [0.2, 0.25) is 0 Å². The Morgan fingerprint density at radius 3 is 2.50 bits per heavy atom. The van der Waals surface area contributed by atoms with Crippen molar-refractivity contribution in [3.05, 3.63) is 29.3 Å². The first-order valence-electron chi connectivity index (χ1n) is 4.58. The van der Waals surface area contributed by atoms with Gasteiger partial charge in [0.25, 0.3) is 0 Å². The first kappa shape index (κ1) is 12.3. The Labute approximate surface area is 91.0 Å². The molecule has 0 saturated carbocycles. The van der Waals surface area contributed by atoms with Crippen LogP contribution >= 0.6 is 0 Å². The minimum atomic E-state index is -3.00. The number of carbonyl (C=O) groups excluding carboxylic acids is 2. The zero-order chi connectivity index (χ0) is 12.1. The van der Waals surface area contributed by atoms with Gasteiger partial charge in [-0.05, 0) is 11.6 Å². The van der Waals surface area contributed by atoms with E-state index in [0.29, 0.717) is 18.1 Å². The van der Waals surface area contributed by atoms with Crippen molar-refractivity contribution in [1.29, 1.82) is 0 Å².